The Morgan fingerprint density at radius 1 is 1.12 bits per heavy atom. The zero-order valence-corrected chi connectivity index (χ0v) is 11.9. The molecule has 1 rings (SSSR count). The lowest BCUT2D eigenvalue weighted by atomic mass is 10.2. The van der Waals surface area contributed by atoms with E-state index in [1.807, 2.05) is 9.80 Å². The smallest absolute Gasteiger partial charge is 0.321 e. The van der Waals surface area contributed by atoms with Crippen molar-refractivity contribution in [1.82, 2.24) is 9.80 Å². The van der Waals surface area contributed by atoms with Gasteiger partial charge in [0.1, 0.15) is 5.50 Å². The number of nitrogens with zero attached hydrogens (tertiary/aromatic N) is 2. The number of hydrogen-bond donors (Lipinski definition) is 0. The molecule has 1 aliphatic heterocycles. The summed E-state index contributed by atoms with van der Waals surface area (Å²) in [6.45, 7) is 6.70. The first-order chi connectivity index (χ1) is 8.20. The summed E-state index contributed by atoms with van der Waals surface area (Å²) in [5, 5.41) is 0. The van der Waals surface area contributed by atoms with E-state index in [1.165, 1.54) is 25.7 Å². The molecule has 1 heterocycles. The maximum absolute atomic E-state index is 12.1. The SMILES string of the molecule is CCCCCN1CC(Cl)N(CCCCC)C1=O. The highest BCUT2D eigenvalue weighted by atomic mass is 35.5. The van der Waals surface area contributed by atoms with E-state index >= 15 is 0 Å². The van der Waals surface area contributed by atoms with Gasteiger partial charge in [-0.1, -0.05) is 51.1 Å². The second-order valence-corrected chi connectivity index (χ2v) is 5.27. The van der Waals surface area contributed by atoms with E-state index in [0.29, 0.717) is 6.54 Å². The van der Waals surface area contributed by atoms with Crippen LogP contribution in [0.15, 0.2) is 0 Å². The molecule has 100 valence electrons. The van der Waals surface area contributed by atoms with E-state index in [4.69, 9.17) is 11.6 Å². The van der Waals surface area contributed by atoms with Crippen molar-refractivity contribution in [2.75, 3.05) is 19.6 Å². The standard InChI is InChI=1S/C13H25ClN2O/c1-3-5-7-9-15-11-12(14)16(13(15)17)10-8-6-4-2/h12H,3-11H2,1-2H3. The number of alkyl halides is 1. The molecule has 0 aromatic rings. The molecule has 0 aliphatic carbocycles. The largest absolute Gasteiger partial charge is 0.321 e. The Bertz CT molecular complexity index is 235. The number of amides is 2. The Morgan fingerprint density at radius 3 is 2.29 bits per heavy atom. The van der Waals surface area contributed by atoms with Crippen molar-refractivity contribution >= 4 is 17.6 Å². The van der Waals surface area contributed by atoms with Crippen LogP contribution in [0.4, 0.5) is 4.79 Å². The van der Waals surface area contributed by atoms with Gasteiger partial charge in [-0.25, -0.2) is 4.79 Å². The van der Waals surface area contributed by atoms with E-state index in [0.717, 1.165) is 25.9 Å². The normalized spacial score (nSPS) is 20.4. The molecule has 0 bridgehead atoms. The van der Waals surface area contributed by atoms with Gasteiger partial charge in [-0.05, 0) is 12.8 Å². The quantitative estimate of drug-likeness (QED) is 0.371. The fraction of sp³-hybridized carbons (Fsp3) is 0.923. The van der Waals surface area contributed by atoms with Gasteiger partial charge in [-0.15, -0.1) is 0 Å². The Kier molecular flexibility index (Phi) is 6.71. The Labute approximate surface area is 110 Å². The first-order valence-electron chi connectivity index (χ1n) is 6.90. The predicted octanol–water partition coefficient (Wildman–Crippen LogP) is 3.67. The maximum atomic E-state index is 12.1. The van der Waals surface area contributed by atoms with Gasteiger partial charge in [-0.2, -0.15) is 0 Å². The van der Waals surface area contributed by atoms with Crippen LogP contribution in [-0.4, -0.2) is 41.0 Å². The molecule has 0 N–H and O–H groups in total. The summed E-state index contributed by atoms with van der Waals surface area (Å²) in [7, 11) is 0. The summed E-state index contributed by atoms with van der Waals surface area (Å²) >= 11 is 6.22. The summed E-state index contributed by atoms with van der Waals surface area (Å²) in [6.07, 6.45) is 6.88. The minimum atomic E-state index is -0.124. The van der Waals surface area contributed by atoms with Crippen molar-refractivity contribution in [3.8, 4) is 0 Å². The highest BCUT2D eigenvalue weighted by molar-refractivity contribution is 6.22. The summed E-state index contributed by atoms with van der Waals surface area (Å²) in [5.41, 5.74) is -0.124. The van der Waals surface area contributed by atoms with Crippen LogP contribution in [0.3, 0.4) is 0 Å². The third kappa shape index (κ3) is 4.38. The molecule has 17 heavy (non-hydrogen) atoms. The van der Waals surface area contributed by atoms with Crippen molar-refractivity contribution in [3.05, 3.63) is 0 Å². The number of urea groups is 1. The zero-order valence-electron chi connectivity index (χ0n) is 11.1. The van der Waals surface area contributed by atoms with Crippen LogP contribution in [-0.2, 0) is 0 Å². The van der Waals surface area contributed by atoms with Gasteiger partial charge < -0.3 is 9.80 Å². The maximum Gasteiger partial charge on any atom is 0.321 e. The summed E-state index contributed by atoms with van der Waals surface area (Å²) in [6, 6.07) is 0.136. The molecule has 4 heteroatoms. The lowest BCUT2D eigenvalue weighted by molar-refractivity contribution is 0.189. The van der Waals surface area contributed by atoms with E-state index < -0.39 is 0 Å². The second kappa shape index (κ2) is 7.80. The van der Waals surface area contributed by atoms with Crippen molar-refractivity contribution in [3.63, 3.8) is 0 Å². The minimum Gasteiger partial charge on any atom is -0.321 e. The van der Waals surface area contributed by atoms with Crippen molar-refractivity contribution in [1.29, 1.82) is 0 Å². The molecule has 0 aromatic carbocycles. The first-order valence-corrected chi connectivity index (χ1v) is 7.34. The van der Waals surface area contributed by atoms with Gasteiger partial charge in [0.15, 0.2) is 0 Å². The monoisotopic (exact) mass is 260 g/mol. The van der Waals surface area contributed by atoms with E-state index in [9.17, 15) is 4.79 Å². The molecule has 1 atom stereocenters. The van der Waals surface area contributed by atoms with Gasteiger partial charge in [0.25, 0.3) is 0 Å². The Balaban J connectivity index is 2.33. The molecular weight excluding hydrogens is 236 g/mol. The second-order valence-electron chi connectivity index (χ2n) is 4.77. The number of carbonyl (C=O) groups excluding carboxylic acids is 1. The summed E-state index contributed by atoms with van der Waals surface area (Å²) < 4.78 is 0. The van der Waals surface area contributed by atoms with Gasteiger partial charge >= 0.3 is 6.03 Å². The van der Waals surface area contributed by atoms with Crippen LogP contribution in [0.1, 0.15) is 52.4 Å². The molecule has 0 saturated carbocycles. The molecule has 1 aliphatic rings. The Hall–Kier alpha value is -0.440. The van der Waals surface area contributed by atoms with Gasteiger partial charge in [0.05, 0.1) is 6.54 Å². The predicted molar refractivity (Wildman–Crippen MR) is 72.4 cm³/mol. The molecule has 2 amide bonds. The van der Waals surface area contributed by atoms with Crippen LogP contribution in [0.5, 0.6) is 0 Å². The molecule has 1 unspecified atom stereocenters. The molecule has 0 aromatic heterocycles. The molecule has 1 fully saturated rings. The van der Waals surface area contributed by atoms with Crippen LogP contribution in [0, 0.1) is 0 Å². The fourth-order valence-electron chi connectivity index (χ4n) is 2.17. The van der Waals surface area contributed by atoms with Crippen LogP contribution in [0.25, 0.3) is 0 Å². The average Bonchev–Trinajstić information content (AvgIpc) is 2.57. The summed E-state index contributed by atoms with van der Waals surface area (Å²) in [5.74, 6) is 0. The van der Waals surface area contributed by atoms with Gasteiger partial charge in [0.2, 0.25) is 0 Å². The van der Waals surface area contributed by atoms with Crippen LogP contribution in [0.2, 0.25) is 0 Å². The fourth-order valence-corrected chi connectivity index (χ4v) is 2.52. The zero-order chi connectivity index (χ0) is 12.7. The topological polar surface area (TPSA) is 23.6 Å². The highest BCUT2D eigenvalue weighted by Gasteiger charge is 2.34. The molecule has 3 nitrogen and oxygen atoms in total. The molecule has 0 radical (unpaired) electrons. The van der Waals surface area contributed by atoms with Crippen molar-refractivity contribution in [2.45, 2.75) is 57.9 Å². The third-order valence-electron chi connectivity index (χ3n) is 3.26. The molecule has 1 saturated heterocycles. The molecular formula is C13H25ClN2O. The van der Waals surface area contributed by atoms with Gasteiger partial charge in [-0.3, -0.25) is 0 Å². The number of unbranched alkanes of at least 4 members (excludes halogenated alkanes) is 4. The van der Waals surface area contributed by atoms with Crippen LogP contribution < -0.4 is 0 Å². The average molecular weight is 261 g/mol. The molecule has 0 spiro atoms. The number of carbonyl (C=O) groups is 1. The number of hydrogen-bond acceptors (Lipinski definition) is 1. The van der Waals surface area contributed by atoms with Crippen LogP contribution >= 0.6 is 11.6 Å². The first kappa shape index (κ1) is 14.6. The highest BCUT2D eigenvalue weighted by Crippen LogP contribution is 2.20. The summed E-state index contributed by atoms with van der Waals surface area (Å²) in [4.78, 5) is 15.8. The minimum absolute atomic E-state index is 0.124. The lowest BCUT2D eigenvalue weighted by Crippen LogP contribution is -2.34. The Morgan fingerprint density at radius 2 is 1.71 bits per heavy atom. The van der Waals surface area contributed by atoms with E-state index in [-0.39, 0.29) is 11.5 Å². The lowest BCUT2D eigenvalue weighted by Gasteiger charge is -2.19. The number of rotatable bonds is 8. The van der Waals surface area contributed by atoms with Crippen molar-refractivity contribution in [2.24, 2.45) is 0 Å². The van der Waals surface area contributed by atoms with Gasteiger partial charge in [0, 0.05) is 13.1 Å². The van der Waals surface area contributed by atoms with E-state index in [1.54, 1.807) is 0 Å². The van der Waals surface area contributed by atoms with E-state index in [2.05, 4.69) is 13.8 Å². The van der Waals surface area contributed by atoms with Crippen molar-refractivity contribution < 1.29 is 4.79 Å². The third-order valence-corrected chi connectivity index (χ3v) is 3.63. The number of halogens is 1.